The van der Waals surface area contributed by atoms with Crippen LogP contribution in [0.2, 0.25) is 5.02 Å². The van der Waals surface area contributed by atoms with Gasteiger partial charge in [0.05, 0.1) is 24.9 Å². The van der Waals surface area contributed by atoms with E-state index in [0.717, 1.165) is 33.4 Å². The molecule has 0 spiro atoms. The summed E-state index contributed by atoms with van der Waals surface area (Å²) >= 11 is 6.26. The molecule has 0 aliphatic heterocycles. The molecule has 0 aliphatic rings. The fourth-order valence-electron chi connectivity index (χ4n) is 4.93. The molecule has 4 aromatic rings. The van der Waals surface area contributed by atoms with Crippen molar-refractivity contribution in [3.63, 3.8) is 0 Å². The molecule has 1 aromatic carbocycles. The molecule has 0 saturated heterocycles. The van der Waals surface area contributed by atoms with Crippen LogP contribution >= 0.6 is 11.6 Å². The quantitative estimate of drug-likeness (QED) is 0.215. The van der Waals surface area contributed by atoms with Crippen molar-refractivity contribution in [2.24, 2.45) is 0 Å². The topological polar surface area (TPSA) is 97.5 Å². The van der Waals surface area contributed by atoms with Gasteiger partial charge in [-0.15, -0.1) is 0 Å². The second kappa shape index (κ2) is 11.5. The molecule has 9 nitrogen and oxygen atoms in total. The summed E-state index contributed by atoms with van der Waals surface area (Å²) in [7, 11) is 1.35. The van der Waals surface area contributed by atoms with Crippen molar-refractivity contribution in [2.45, 2.75) is 86.2 Å². The van der Waals surface area contributed by atoms with E-state index in [4.69, 9.17) is 30.8 Å². The number of fused-ring (bicyclic) bond motifs is 1. The summed E-state index contributed by atoms with van der Waals surface area (Å²) in [4.78, 5) is 30.8. The van der Waals surface area contributed by atoms with Crippen LogP contribution in [-0.4, -0.2) is 49.7 Å². The first kappa shape index (κ1) is 31.3. The summed E-state index contributed by atoms with van der Waals surface area (Å²) < 4.78 is 20.3. The first-order valence-electron chi connectivity index (χ1n) is 13.8. The lowest BCUT2D eigenvalue weighted by molar-refractivity contribution is -0.164. The summed E-state index contributed by atoms with van der Waals surface area (Å²) in [6.45, 7) is 17.4. The number of aromatic nitrogens is 4. The van der Waals surface area contributed by atoms with Crippen LogP contribution in [0.5, 0.6) is 0 Å². The second-order valence-electron chi connectivity index (χ2n) is 12.4. The number of hydrogen-bond acceptors (Lipinski definition) is 7. The van der Waals surface area contributed by atoms with Crippen LogP contribution in [0.15, 0.2) is 36.5 Å². The standard InChI is InChI=1S/C32H39ClN4O5/c1-18-20(3)36(17-23-15-16-37(35-23)30(39)42-32(7,8)9)28-24(18)26(21-11-13-22(33)14-12-21)25(19(2)34-28)27(29(38)40-10)41-31(4,5)6/h11-16,27H,17H2,1-10H3/t27-/m0/s1. The fourth-order valence-corrected chi connectivity index (χ4v) is 5.06. The summed E-state index contributed by atoms with van der Waals surface area (Å²) in [6.07, 6.45) is 0.0402. The van der Waals surface area contributed by atoms with Crippen LogP contribution in [0.4, 0.5) is 4.79 Å². The Bertz CT molecular complexity index is 1640. The highest BCUT2D eigenvalue weighted by Gasteiger charge is 2.34. The lowest BCUT2D eigenvalue weighted by Gasteiger charge is -2.28. The highest BCUT2D eigenvalue weighted by atomic mass is 35.5. The molecule has 0 bridgehead atoms. The summed E-state index contributed by atoms with van der Waals surface area (Å²) in [5.74, 6) is -0.508. The van der Waals surface area contributed by atoms with Crippen LogP contribution in [0.3, 0.4) is 0 Å². The fraction of sp³-hybridized carbons (Fsp3) is 0.438. The maximum Gasteiger partial charge on any atom is 0.435 e. The van der Waals surface area contributed by atoms with Gasteiger partial charge in [0.25, 0.3) is 0 Å². The number of carbonyl (C=O) groups is 2. The monoisotopic (exact) mass is 594 g/mol. The number of carbonyl (C=O) groups excluding carboxylic acids is 2. The van der Waals surface area contributed by atoms with Gasteiger partial charge < -0.3 is 18.8 Å². The lowest BCUT2D eigenvalue weighted by Crippen LogP contribution is -2.29. The Balaban J connectivity index is 1.94. The second-order valence-corrected chi connectivity index (χ2v) is 12.8. The van der Waals surface area contributed by atoms with E-state index in [-0.39, 0.29) is 0 Å². The number of ether oxygens (including phenoxy) is 3. The van der Waals surface area contributed by atoms with Crippen LogP contribution in [0, 0.1) is 20.8 Å². The third kappa shape index (κ3) is 6.52. The van der Waals surface area contributed by atoms with Gasteiger partial charge >= 0.3 is 12.1 Å². The van der Waals surface area contributed by atoms with E-state index in [1.165, 1.54) is 11.8 Å². The van der Waals surface area contributed by atoms with Crippen molar-refractivity contribution < 1.29 is 23.8 Å². The van der Waals surface area contributed by atoms with E-state index in [2.05, 4.69) is 9.67 Å². The van der Waals surface area contributed by atoms with Gasteiger partial charge in [-0.25, -0.2) is 14.6 Å². The molecule has 224 valence electrons. The van der Waals surface area contributed by atoms with Gasteiger partial charge in [-0.05, 0) is 91.6 Å². The first-order chi connectivity index (χ1) is 19.5. The van der Waals surface area contributed by atoms with Crippen molar-refractivity contribution in [1.29, 1.82) is 0 Å². The van der Waals surface area contributed by atoms with Gasteiger partial charge in [0.15, 0.2) is 6.10 Å². The lowest BCUT2D eigenvalue weighted by atomic mass is 9.91. The summed E-state index contributed by atoms with van der Waals surface area (Å²) in [5, 5.41) is 5.96. The summed E-state index contributed by atoms with van der Waals surface area (Å²) in [5.41, 5.74) is 5.05. The average Bonchev–Trinajstić information content (AvgIpc) is 3.45. The molecular formula is C32H39ClN4O5. The number of methoxy groups -OCH3 is 1. The Morgan fingerprint density at radius 3 is 2.19 bits per heavy atom. The van der Waals surface area contributed by atoms with Gasteiger partial charge in [-0.3, -0.25) is 0 Å². The molecule has 3 heterocycles. The predicted molar refractivity (Wildman–Crippen MR) is 163 cm³/mol. The Hall–Kier alpha value is -3.69. The van der Waals surface area contributed by atoms with Crippen LogP contribution in [0.25, 0.3) is 22.2 Å². The van der Waals surface area contributed by atoms with Gasteiger partial charge in [0.2, 0.25) is 0 Å². The van der Waals surface area contributed by atoms with Crippen molar-refractivity contribution in [3.8, 4) is 11.1 Å². The number of esters is 1. The molecule has 0 saturated carbocycles. The molecule has 4 rings (SSSR count). The molecule has 0 radical (unpaired) electrons. The SMILES string of the molecule is COC(=O)[C@@H](OC(C)(C)C)c1c(C)nc2c(c(C)c(C)n2Cc2ccn(C(=O)OC(C)(C)C)n2)c1-c1ccc(Cl)cc1. The van der Waals surface area contributed by atoms with E-state index >= 15 is 0 Å². The molecule has 3 aromatic heterocycles. The Morgan fingerprint density at radius 1 is 0.976 bits per heavy atom. The van der Waals surface area contributed by atoms with Gasteiger partial charge in [-0.1, -0.05) is 23.7 Å². The first-order valence-corrected chi connectivity index (χ1v) is 14.2. The van der Waals surface area contributed by atoms with Gasteiger partial charge in [-0.2, -0.15) is 9.78 Å². The molecule has 0 N–H and O–H groups in total. The van der Waals surface area contributed by atoms with E-state index in [1.54, 1.807) is 12.3 Å². The normalized spacial score (nSPS) is 12.9. The zero-order valence-electron chi connectivity index (χ0n) is 26.0. The minimum Gasteiger partial charge on any atom is -0.467 e. The number of halogens is 1. The third-order valence-corrected chi connectivity index (χ3v) is 7.06. The van der Waals surface area contributed by atoms with Crippen LogP contribution in [-0.2, 0) is 25.5 Å². The van der Waals surface area contributed by atoms with E-state index < -0.39 is 29.4 Å². The van der Waals surface area contributed by atoms with Gasteiger partial charge in [0.1, 0.15) is 11.2 Å². The van der Waals surface area contributed by atoms with Gasteiger partial charge in [0, 0.05) is 39.1 Å². The smallest absolute Gasteiger partial charge is 0.435 e. The number of pyridine rings is 1. The molecule has 42 heavy (non-hydrogen) atoms. The number of nitrogens with zero attached hydrogens (tertiary/aromatic N) is 4. The molecule has 0 fully saturated rings. The zero-order valence-corrected chi connectivity index (χ0v) is 26.7. The molecular weight excluding hydrogens is 556 g/mol. The maximum absolute atomic E-state index is 13.2. The third-order valence-electron chi connectivity index (χ3n) is 6.81. The van der Waals surface area contributed by atoms with Crippen molar-refractivity contribution >= 4 is 34.7 Å². The number of benzene rings is 1. The number of hydrogen-bond donors (Lipinski definition) is 0. The van der Waals surface area contributed by atoms with Crippen LogP contribution < -0.4 is 0 Å². The highest BCUT2D eigenvalue weighted by Crippen LogP contribution is 2.42. The molecule has 0 amide bonds. The Kier molecular flexibility index (Phi) is 8.58. The minimum atomic E-state index is -1.01. The van der Waals surface area contributed by atoms with E-state index in [1.807, 2.05) is 86.6 Å². The predicted octanol–water partition coefficient (Wildman–Crippen LogP) is 7.34. The van der Waals surface area contributed by atoms with Crippen molar-refractivity contribution in [2.75, 3.05) is 7.11 Å². The number of rotatable bonds is 6. The largest absolute Gasteiger partial charge is 0.467 e. The summed E-state index contributed by atoms with van der Waals surface area (Å²) in [6, 6.07) is 9.29. The minimum absolute atomic E-state index is 0.372. The zero-order chi connectivity index (χ0) is 31.1. The molecule has 0 aliphatic carbocycles. The highest BCUT2D eigenvalue weighted by molar-refractivity contribution is 6.30. The average molecular weight is 595 g/mol. The van der Waals surface area contributed by atoms with E-state index in [9.17, 15) is 9.59 Å². The Labute approximate surface area is 251 Å². The molecule has 10 heteroatoms. The Morgan fingerprint density at radius 2 is 1.62 bits per heavy atom. The van der Waals surface area contributed by atoms with Crippen LogP contribution in [0.1, 0.15) is 75.9 Å². The van der Waals surface area contributed by atoms with Crippen molar-refractivity contribution in [1.82, 2.24) is 19.3 Å². The molecule has 0 unspecified atom stereocenters. The number of aryl methyl sites for hydroxylation is 2. The molecule has 1 atom stereocenters. The van der Waals surface area contributed by atoms with Crippen molar-refractivity contribution in [3.05, 3.63) is 69.8 Å². The van der Waals surface area contributed by atoms with E-state index in [0.29, 0.717) is 28.5 Å². The maximum atomic E-state index is 13.2.